The van der Waals surface area contributed by atoms with Crippen molar-refractivity contribution in [1.29, 1.82) is 0 Å². The van der Waals surface area contributed by atoms with Crippen LogP contribution in [0.3, 0.4) is 0 Å². The Balaban J connectivity index is 0.000000864. The van der Waals surface area contributed by atoms with E-state index in [0.29, 0.717) is 30.1 Å². The van der Waals surface area contributed by atoms with Crippen molar-refractivity contribution in [2.75, 3.05) is 13.2 Å². The molecule has 0 heterocycles. The molecule has 0 spiro atoms. The number of hydrogen-bond donors (Lipinski definition) is 1. The van der Waals surface area contributed by atoms with E-state index in [1.807, 2.05) is 13.8 Å². The van der Waals surface area contributed by atoms with Gasteiger partial charge in [-0.25, -0.2) is 0 Å². The maximum absolute atomic E-state index is 12.9. The van der Waals surface area contributed by atoms with Crippen LogP contribution in [0.1, 0.15) is 157 Å². The number of alkyl halides is 6. The van der Waals surface area contributed by atoms with Crippen LogP contribution < -0.4 is 5.73 Å². The molecule has 0 aliphatic heterocycles. The highest BCUT2D eigenvalue weighted by Crippen LogP contribution is 2.58. The van der Waals surface area contributed by atoms with E-state index in [-0.39, 0.29) is 17.7 Å². The van der Waals surface area contributed by atoms with Gasteiger partial charge in [0, 0.05) is 5.92 Å². The largest absolute Gasteiger partial charge is 0.402 e. The van der Waals surface area contributed by atoms with Gasteiger partial charge in [-0.2, -0.15) is 26.3 Å². The minimum Gasteiger partial charge on any atom is -0.378 e. The van der Waals surface area contributed by atoms with Crippen LogP contribution in [-0.4, -0.2) is 37.4 Å². The second-order valence-electron chi connectivity index (χ2n) is 13.6. The second-order valence-corrected chi connectivity index (χ2v) is 13.6. The lowest BCUT2D eigenvalue weighted by Gasteiger charge is -2.54. The van der Waals surface area contributed by atoms with Crippen molar-refractivity contribution < 1.29 is 35.9 Å². The molecule has 0 amide bonds. The molecule has 268 valence electrons. The Labute approximate surface area is 270 Å². The fraction of sp³-hybridized carbons (Fsp3) is 0.972. The van der Waals surface area contributed by atoms with Crippen molar-refractivity contribution >= 4 is 5.78 Å². The van der Waals surface area contributed by atoms with Gasteiger partial charge in [-0.05, 0) is 81.5 Å². The van der Waals surface area contributed by atoms with Gasteiger partial charge in [-0.3, -0.25) is 4.79 Å². The Morgan fingerprint density at radius 1 is 0.778 bits per heavy atom. The molecule has 2 atom stereocenters. The summed E-state index contributed by atoms with van der Waals surface area (Å²) in [5.74, 6) is -0.833. The minimum atomic E-state index is -5.34. The smallest absolute Gasteiger partial charge is 0.378 e. The standard InChI is InChI=1S/C28H48F6O.C6H11NO.C2H6/c1-4-13-22(5-2)26(23-15-8-6-9-16-23,24-17-10-7-11-18-24)19-12-14-21(3)35-20-25(27(29,30)31)28(32,33)34;7-4-6(8)5-2-1-3-5;1-2/h21-25H,4-20H2,1-3H3;5H,1-4,7H2;1-2H3. The van der Waals surface area contributed by atoms with E-state index in [0.717, 1.165) is 38.5 Å². The number of halogens is 6. The van der Waals surface area contributed by atoms with E-state index in [2.05, 4.69) is 13.8 Å². The van der Waals surface area contributed by atoms with Gasteiger partial charge in [0.2, 0.25) is 0 Å². The van der Waals surface area contributed by atoms with Crippen LogP contribution in [0.15, 0.2) is 0 Å². The fourth-order valence-corrected chi connectivity index (χ4v) is 8.40. The Morgan fingerprint density at radius 2 is 1.27 bits per heavy atom. The predicted octanol–water partition coefficient (Wildman–Crippen LogP) is 11.6. The van der Waals surface area contributed by atoms with E-state index >= 15 is 0 Å². The maximum atomic E-state index is 12.9. The number of carbonyl (C=O) groups is 1. The van der Waals surface area contributed by atoms with Gasteiger partial charge in [-0.1, -0.05) is 98.3 Å². The molecule has 45 heavy (non-hydrogen) atoms. The number of ether oxygens (including phenoxy) is 1. The first-order chi connectivity index (χ1) is 21.3. The molecule has 2 N–H and O–H groups in total. The number of carbonyl (C=O) groups excluding carboxylic acids is 1. The molecule has 0 aromatic rings. The lowest BCUT2D eigenvalue weighted by molar-refractivity contribution is -0.296. The van der Waals surface area contributed by atoms with E-state index in [9.17, 15) is 31.1 Å². The second kappa shape index (κ2) is 21.2. The van der Waals surface area contributed by atoms with Crippen LogP contribution in [0.25, 0.3) is 0 Å². The first-order valence-corrected chi connectivity index (χ1v) is 18.3. The van der Waals surface area contributed by atoms with Crippen molar-refractivity contribution in [2.24, 2.45) is 40.7 Å². The number of Topliss-reactive ketones (excluding diaryl/α,β-unsaturated/α-hetero) is 1. The van der Waals surface area contributed by atoms with Crippen LogP contribution in [0.4, 0.5) is 26.3 Å². The van der Waals surface area contributed by atoms with E-state index in [1.54, 1.807) is 6.92 Å². The van der Waals surface area contributed by atoms with Crippen molar-refractivity contribution in [2.45, 2.75) is 175 Å². The predicted molar refractivity (Wildman–Crippen MR) is 172 cm³/mol. The SMILES string of the molecule is CC.CCCC(CC)C(CCCC(C)OCC(C(F)(F)F)C(F)(F)F)(C1CCCCC1)C1CCCCC1.NCC(=O)C1CCC1. The fourth-order valence-electron chi connectivity index (χ4n) is 8.40. The topological polar surface area (TPSA) is 52.3 Å². The molecule has 3 nitrogen and oxygen atoms in total. The zero-order valence-electron chi connectivity index (χ0n) is 29.0. The van der Waals surface area contributed by atoms with Crippen molar-refractivity contribution in [3.8, 4) is 0 Å². The number of rotatable bonds is 15. The molecule has 0 radical (unpaired) electrons. The molecule has 3 saturated carbocycles. The summed E-state index contributed by atoms with van der Waals surface area (Å²) in [5, 5.41) is 0. The first kappa shape index (κ1) is 42.2. The van der Waals surface area contributed by atoms with Crippen LogP contribution in [-0.2, 0) is 9.53 Å². The van der Waals surface area contributed by atoms with Gasteiger partial charge < -0.3 is 10.5 Å². The molecule has 0 aromatic heterocycles. The normalized spacial score (nSPS) is 20.4. The van der Waals surface area contributed by atoms with E-state index in [1.165, 1.54) is 77.0 Å². The number of hydrogen-bond acceptors (Lipinski definition) is 3. The molecule has 0 aromatic carbocycles. The third kappa shape index (κ3) is 13.3. The third-order valence-corrected chi connectivity index (χ3v) is 10.9. The minimum absolute atomic E-state index is 0.241. The summed E-state index contributed by atoms with van der Waals surface area (Å²) in [5.41, 5.74) is 5.37. The highest BCUT2D eigenvalue weighted by atomic mass is 19.4. The Bertz CT molecular complexity index is 729. The van der Waals surface area contributed by atoms with Crippen LogP contribution >= 0.6 is 0 Å². The van der Waals surface area contributed by atoms with Crippen molar-refractivity contribution in [3.05, 3.63) is 0 Å². The van der Waals surface area contributed by atoms with Crippen LogP contribution in [0, 0.1) is 35.0 Å². The molecule has 3 aliphatic rings. The third-order valence-electron chi connectivity index (χ3n) is 10.9. The Morgan fingerprint density at radius 3 is 1.60 bits per heavy atom. The quantitative estimate of drug-likeness (QED) is 0.178. The van der Waals surface area contributed by atoms with Crippen LogP contribution in [0.5, 0.6) is 0 Å². The highest BCUT2D eigenvalue weighted by Gasteiger charge is 2.57. The molecule has 0 bridgehead atoms. The summed E-state index contributed by atoms with van der Waals surface area (Å²) in [7, 11) is 0. The van der Waals surface area contributed by atoms with Gasteiger partial charge in [0.15, 0.2) is 5.92 Å². The zero-order chi connectivity index (χ0) is 34.1. The summed E-state index contributed by atoms with van der Waals surface area (Å²) in [6, 6.07) is 0. The first-order valence-electron chi connectivity index (χ1n) is 18.3. The van der Waals surface area contributed by atoms with Gasteiger partial charge >= 0.3 is 12.4 Å². The summed E-state index contributed by atoms with van der Waals surface area (Å²) < 4.78 is 82.5. The van der Waals surface area contributed by atoms with Crippen molar-refractivity contribution in [1.82, 2.24) is 0 Å². The lowest BCUT2D eigenvalue weighted by Crippen LogP contribution is -2.46. The van der Waals surface area contributed by atoms with E-state index in [4.69, 9.17) is 10.5 Å². The average molecular weight is 658 g/mol. The molecule has 0 saturated heterocycles. The Hall–Kier alpha value is -0.830. The lowest BCUT2D eigenvalue weighted by atomic mass is 9.50. The van der Waals surface area contributed by atoms with Gasteiger partial charge in [0.05, 0.1) is 19.3 Å². The molecule has 3 aliphatic carbocycles. The average Bonchev–Trinajstić information content (AvgIpc) is 2.98. The Kier molecular flexibility index (Phi) is 19.9. The molecule has 3 rings (SSSR count). The number of ketones is 1. The number of nitrogens with two attached hydrogens (primary N) is 1. The van der Waals surface area contributed by atoms with Gasteiger partial charge in [0.1, 0.15) is 5.78 Å². The van der Waals surface area contributed by atoms with Crippen molar-refractivity contribution in [3.63, 3.8) is 0 Å². The molecular formula is C36H65F6NO2. The summed E-state index contributed by atoms with van der Waals surface area (Å²) in [6.07, 6.45) is 10.7. The maximum Gasteiger partial charge on any atom is 0.402 e. The van der Waals surface area contributed by atoms with Crippen LogP contribution in [0.2, 0.25) is 0 Å². The molecule has 9 heteroatoms. The molecular weight excluding hydrogens is 592 g/mol. The molecule has 3 fully saturated rings. The monoisotopic (exact) mass is 657 g/mol. The van der Waals surface area contributed by atoms with Gasteiger partial charge in [-0.15, -0.1) is 0 Å². The van der Waals surface area contributed by atoms with E-state index < -0.39 is 31.0 Å². The molecule has 2 unspecified atom stereocenters. The summed E-state index contributed by atoms with van der Waals surface area (Å²) in [6.45, 7) is 9.07. The highest BCUT2D eigenvalue weighted by molar-refractivity contribution is 5.83. The van der Waals surface area contributed by atoms with Gasteiger partial charge in [0.25, 0.3) is 0 Å². The summed E-state index contributed by atoms with van der Waals surface area (Å²) >= 11 is 0. The summed E-state index contributed by atoms with van der Waals surface area (Å²) in [4.78, 5) is 10.7. The zero-order valence-corrected chi connectivity index (χ0v) is 29.0.